The summed E-state index contributed by atoms with van der Waals surface area (Å²) >= 11 is 0. The van der Waals surface area contributed by atoms with E-state index in [1.54, 1.807) is 7.11 Å². The van der Waals surface area contributed by atoms with Crippen LogP contribution in [0.5, 0.6) is 5.75 Å². The Labute approximate surface area is 138 Å². The molecule has 23 heavy (non-hydrogen) atoms. The van der Waals surface area contributed by atoms with E-state index >= 15 is 0 Å². The van der Waals surface area contributed by atoms with Gasteiger partial charge >= 0.3 is 0 Å². The number of aryl methyl sites for hydroxylation is 4. The summed E-state index contributed by atoms with van der Waals surface area (Å²) in [5.41, 5.74) is 5.37. The molecular weight excluding hydrogens is 286 g/mol. The summed E-state index contributed by atoms with van der Waals surface area (Å²) in [5, 5.41) is 8.01. The topological polar surface area (TPSA) is 39.1 Å². The summed E-state index contributed by atoms with van der Waals surface area (Å²) in [6.45, 7) is 5.84. The molecular formula is C19H27N3O. The fourth-order valence-electron chi connectivity index (χ4n) is 3.42. The standard InChI is InChI=1S/C19H27N3O/c1-4-22-14(2)10-19(21-22)20-13-17-11-15-8-6-5-7-9-16(15)12-18(17)23-3/h10-12H,4-9,13H2,1-3H3,(H,20,21). The van der Waals surface area contributed by atoms with E-state index < -0.39 is 0 Å². The first-order valence-corrected chi connectivity index (χ1v) is 8.68. The SMILES string of the molecule is CCn1nc(NCc2cc3c(cc2OC)CCCCC3)cc1C. The van der Waals surface area contributed by atoms with Crippen molar-refractivity contribution in [3.8, 4) is 5.75 Å². The average molecular weight is 313 g/mol. The summed E-state index contributed by atoms with van der Waals surface area (Å²) < 4.78 is 7.64. The maximum atomic E-state index is 5.63. The summed E-state index contributed by atoms with van der Waals surface area (Å²) in [6.07, 6.45) is 6.29. The van der Waals surface area contributed by atoms with Crippen molar-refractivity contribution in [2.45, 2.75) is 59.0 Å². The quantitative estimate of drug-likeness (QED) is 0.845. The summed E-state index contributed by atoms with van der Waals surface area (Å²) in [5.74, 6) is 1.92. The largest absolute Gasteiger partial charge is 0.496 e. The highest BCUT2D eigenvalue weighted by Crippen LogP contribution is 2.29. The highest BCUT2D eigenvalue weighted by Gasteiger charge is 2.13. The number of methoxy groups -OCH3 is 1. The number of benzene rings is 1. The first-order chi connectivity index (χ1) is 11.2. The van der Waals surface area contributed by atoms with Crippen LogP contribution in [0.3, 0.4) is 0 Å². The van der Waals surface area contributed by atoms with Crippen molar-refractivity contribution >= 4 is 5.82 Å². The third-order valence-corrected chi connectivity index (χ3v) is 4.74. The second-order valence-corrected chi connectivity index (χ2v) is 6.33. The Morgan fingerprint density at radius 2 is 1.87 bits per heavy atom. The molecule has 0 saturated carbocycles. The number of nitrogens with zero attached hydrogens (tertiary/aromatic N) is 2. The van der Waals surface area contributed by atoms with Crippen LogP contribution in [0.25, 0.3) is 0 Å². The van der Waals surface area contributed by atoms with Gasteiger partial charge in [-0.3, -0.25) is 4.68 Å². The van der Waals surface area contributed by atoms with Crippen LogP contribution < -0.4 is 10.1 Å². The number of hydrogen-bond acceptors (Lipinski definition) is 3. The third kappa shape index (κ3) is 3.52. The molecule has 0 spiro atoms. The number of nitrogens with one attached hydrogen (secondary N) is 1. The zero-order valence-electron chi connectivity index (χ0n) is 14.5. The Morgan fingerprint density at radius 1 is 1.13 bits per heavy atom. The summed E-state index contributed by atoms with van der Waals surface area (Å²) in [4.78, 5) is 0. The smallest absolute Gasteiger partial charge is 0.148 e. The van der Waals surface area contributed by atoms with Gasteiger partial charge in [0.1, 0.15) is 11.6 Å². The molecule has 0 fully saturated rings. The second-order valence-electron chi connectivity index (χ2n) is 6.33. The molecule has 1 aliphatic carbocycles. The fourth-order valence-corrected chi connectivity index (χ4v) is 3.42. The molecule has 124 valence electrons. The minimum Gasteiger partial charge on any atom is -0.496 e. The average Bonchev–Trinajstić information content (AvgIpc) is 2.78. The normalized spacial score (nSPS) is 14.2. The van der Waals surface area contributed by atoms with E-state index in [1.165, 1.54) is 54.5 Å². The van der Waals surface area contributed by atoms with Crippen molar-refractivity contribution in [2.24, 2.45) is 0 Å². The maximum absolute atomic E-state index is 5.63. The van der Waals surface area contributed by atoms with Crippen LogP contribution in [-0.4, -0.2) is 16.9 Å². The van der Waals surface area contributed by atoms with Crippen LogP contribution in [0.4, 0.5) is 5.82 Å². The van der Waals surface area contributed by atoms with Gasteiger partial charge in [0, 0.05) is 30.4 Å². The van der Waals surface area contributed by atoms with E-state index in [0.29, 0.717) is 0 Å². The zero-order valence-corrected chi connectivity index (χ0v) is 14.5. The highest BCUT2D eigenvalue weighted by molar-refractivity contribution is 5.46. The van der Waals surface area contributed by atoms with Crippen LogP contribution in [-0.2, 0) is 25.9 Å². The molecule has 4 nitrogen and oxygen atoms in total. The van der Waals surface area contributed by atoms with Crippen LogP contribution >= 0.6 is 0 Å². The lowest BCUT2D eigenvalue weighted by molar-refractivity contribution is 0.409. The lowest BCUT2D eigenvalue weighted by Gasteiger charge is -2.14. The fraction of sp³-hybridized carbons (Fsp3) is 0.526. The van der Waals surface area contributed by atoms with Crippen LogP contribution in [0.1, 0.15) is 48.6 Å². The minimum absolute atomic E-state index is 0.747. The molecule has 0 amide bonds. The Kier molecular flexibility index (Phi) is 4.89. The van der Waals surface area contributed by atoms with Gasteiger partial charge in [0.15, 0.2) is 0 Å². The van der Waals surface area contributed by atoms with Crippen LogP contribution in [0.2, 0.25) is 0 Å². The predicted molar refractivity (Wildman–Crippen MR) is 94.2 cm³/mol. The number of aromatic nitrogens is 2. The van der Waals surface area contributed by atoms with Crippen molar-refractivity contribution in [1.29, 1.82) is 0 Å². The highest BCUT2D eigenvalue weighted by atomic mass is 16.5. The Balaban J connectivity index is 1.79. The first kappa shape index (κ1) is 15.9. The third-order valence-electron chi connectivity index (χ3n) is 4.74. The number of anilines is 1. The van der Waals surface area contributed by atoms with E-state index in [2.05, 4.69) is 42.5 Å². The van der Waals surface area contributed by atoms with Crippen LogP contribution in [0.15, 0.2) is 18.2 Å². The van der Waals surface area contributed by atoms with E-state index in [1.807, 2.05) is 4.68 Å². The molecule has 2 aromatic rings. The molecule has 0 unspecified atom stereocenters. The van der Waals surface area contributed by atoms with Gasteiger partial charge < -0.3 is 10.1 Å². The Bertz CT molecular complexity index is 675. The number of fused-ring (bicyclic) bond motifs is 1. The molecule has 0 bridgehead atoms. The van der Waals surface area contributed by atoms with E-state index in [4.69, 9.17) is 4.74 Å². The van der Waals surface area contributed by atoms with Crippen molar-refractivity contribution in [2.75, 3.05) is 12.4 Å². The summed E-state index contributed by atoms with van der Waals surface area (Å²) in [6, 6.07) is 6.67. The molecule has 1 aromatic carbocycles. The maximum Gasteiger partial charge on any atom is 0.148 e. The van der Waals surface area contributed by atoms with Crippen molar-refractivity contribution < 1.29 is 4.74 Å². The molecule has 1 aromatic heterocycles. The molecule has 1 N–H and O–H groups in total. The van der Waals surface area contributed by atoms with E-state index in [0.717, 1.165) is 24.7 Å². The molecule has 0 atom stereocenters. The Morgan fingerprint density at radius 3 is 2.52 bits per heavy atom. The second kappa shape index (κ2) is 7.07. The van der Waals surface area contributed by atoms with Gasteiger partial charge in [-0.15, -0.1) is 0 Å². The van der Waals surface area contributed by atoms with Gasteiger partial charge in [0.05, 0.1) is 7.11 Å². The van der Waals surface area contributed by atoms with Gasteiger partial charge in [-0.25, -0.2) is 0 Å². The van der Waals surface area contributed by atoms with Crippen molar-refractivity contribution in [1.82, 2.24) is 9.78 Å². The molecule has 0 saturated heterocycles. The molecule has 1 heterocycles. The van der Waals surface area contributed by atoms with Crippen molar-refractivity contribution in [3.05, 3.63) is 40.6 Å². The van der Waals surface area contributed by atoms with E-state index in [9.17, 15) is 0 Å². The lowest BCUT2D eigenvalue weighted by Crippen LogP contribution is -2.05. The van der Waals surface area contributed by atoms with E-state index in [-0.39, 0.29) is 0 Å². The summed E-state index contributed by atoms with van der Waals surface area (Å²) in [7, 11) is 1.76. The first-order valence-electron chi connectivity index (χ1n) is 8.68. The Hall–Kier alpha value is -1.97. The molecule has 3 rings (SSSR count). The van der Waals surface area contributed by atoms with Crippen molar-refractivity contribution in [3.63, 3.8) is 0 Å². The zero-order chi connectivity index (χ0) is 16.2. The molecule has 0 radical (unpaired) electrons. The number of rotatable bonds is 5. The van der Waals surface area contributed by atoms with Gasteiger partial charge in [0.25, 0.3) is 0 Å². The van der Waals surface area contributed by atoms with Gasteiger partial charge in [0.2, 0.25) is 0 Å². The van der Waals surface area contributed by atoms with Gasteiger partial charge in [-0.1, -0.05) is 12.5 Å². The van der Waals surface area contributed by atoms with Gasteiger partial charge in [-0.2, -0.15) is 5.10 Å². The number of hydrogen-bond donors (Lipinski definition) is 1. The predicted octanol–water partition coefficient (Wildman–Crippen LogP) is 4.10. The van der Waals surface area contributed by atoms with Gasteiger partial charge in [-0.05, 0) is 56.7 Å². The monoisotopic (exact) mass is 313 g/mol. The minimum atomic E-state index is 0.747. The number of ether oxygens (including phenoxy) is 1. The molecule has 4 heteroatoms. The molecule has 1 aliphatic rings. The van der Waals surface area contributed by atoms with Crippen LogP contribution in [0, 0.1) is 6.92 Å². The molecule has 0 aliphatic heterocycles. The lowest BCUT2D eigenvalue weighted by atomic mass is 9.99.